The van der Waals surface area contributed by atoms with Gasteiger partial charge in [0.15, 0.2) is 5.82 Å². The number of hydrogen-bond donors (Lipinski definition) is 2. The summed E-state index contributed by atoms with van der Waals surface area (Å²) in [5.74, 6) is 2.05. The second-order valence-electron chi connectivity index (χ2n) is 8.09. The summed E-state index contributed by atoms with van der Waals surface area (Å²) in [6.45, 7) is 2.59. The SMILES string of the molecule is O=c1[nH]nc2c3c(cc(C4CCC4)cc13)NC(CN1Cc3ccccc3C1)=N2. The lowest BCUT2D eigenvalue weighted by molar-refractivity contribution is 0.326. The normalized spacial score (nSPS) is 18.5. The van der Waals surface area contributed by atoms with Crippen LogP contribution in [0.3, 0.4) is 0 Å². The monoisotopic (exact) mass is 371 g/mol. The Kier molecular flexibility index (Phi) is 3.43. The topological polar surface area (TPSA) is 73.4 Å². The van der Waals surface area contributed by atoms with E-state index in [0.29, 0.717) is 17.1 Å². The van der Waals surface area contributed by atoms with Crippen LogP contribution in [-0.2, 0) is 13.1 Å². The highest BCUT2D eigenvalue weighted by Crippen LogP contribution is 2.41. The maximum Gasteiger partial charge on any atom is 0.272 e. The molecule has 1 saturated carbocycles. The highest BCUT2D eigenvalue weighted by molar-refractivity contribution is 6.13. The van der Waals surface area contributed by atoms with Gasteiger partial charge in [-0.25, -0.2) is 10.1 Å². The van der Waals surface area contributed by atoms with Gasteiger partial charge in [-0.05, 0) is 47.6 Å². The molecule has 3 aliphatic rings. The lowest BCUT2D eigenvalue weighted by atomic mass is 9.79. The Bertz CT molecular complexity index is 1170. The van der Waals surface area contributed by atoms with Crippen molar-refractivity contribution < 1.29 is 0 Å². The Morgan fingerprint density at radius 2 is 1.89 bits per heavy atom. The molecule has 6 rings (SSSR count). The molecule has 0 amide bonds. The first kappa shape index (κ1) is 16.0. The van der Waals surface area contributed by atoms with Crippen molar-refractivity contribution in [1.29, 1.82) is 0 Å². The van der Waals surface area contributed by atoms with Crippen LogP contribution in [0.15, 0.2) is 46.2 Å². The summed E-state index contributed by atoms with van der Waals surface area (Å²) in [4.78, 5) is 19.5. The van der Waals surface area contributed by atoms with Gasteiger partial charge in [-0.1, -0.05) is 30.7 Å². The molecule has 6 heteroatoms. The van der Waals surface area contributed by atoms with Gasteiger partial charge in [0.2, 0.25) is 0 Å². The standard InChI is InChI=1S/C22H21N5O/c28-22-17-8-16(13-6-3-7-13)9-18-20(17)21(25-26-22)24-19(23-18)12-27-10-14-4-1-2-5-15(14)11-27/h1-2,4-5,8-9,13H,3,6-7,10-12H2,(H,26,28)(H,23,24,25). The summed E-state index contributed by atoms with van der Waals surface area (Å²) in [7, 11) is 0. The predicted octanol–water partition coefficient (Wildman–Crippen LogP) is 3.66. The Morgan fingerprint density at radius 3 is 2.61 bits per heavy atom. The molecule has 140 valence electrons. The fourth-order valence-electron chi connectivity index (χ4n) is 4.57. The van der Waals surface area contributed by atoms with E-state index < -0.39 is 0 Å². The van der Waals surface area contributed by atoms with Crippen LogP contribution in [0.4, 0.5) is 11.5 Å². The van der Waals surface area contributed by atoms with Gasteiger partial charge in [0.05, 0.1) is 23.0 Å². The molecular weight excluding hydrogens is 350 g/mol. The number of aliphatic imine (C=N–C) groups is 1. The number of rotatable bonds is 3. The summed E-state index contributed by atoms with van der Waals surface area (Å²) in [5.41, 5.74) is 4.84. The van der Waals surface area contributed by atoms with Crippen LogP contribution in [0.5, 0.6) is 0 Å². The predicted molar refractivity (Wildman–Crippen MR) is 110 cm³/mol. The number of aromatic amines is 1. The van der Waals surface area contributed by atoms with Gasteiger partial charge in [-0.15, -0.1) is 0 Å². The summed E-state index contributed by atoms with van der Waals surface area (Å²) in [6.07, 6.45) is 3.67. The largest absolute Gasteiger partial charge is 0.342 e. The summed E-state index contributed by atoms with van der Waals surface area (Å²) in [5, 5.41) is 11.9. The number of H-pyrrole nitrogens is 1. The van der Waals surface area contributed by atoms with Crippen LogP contribution in [-0.4, -0.2) is 27.5 Å². The van der Waals surface area contributed by atoms with E-state index in [1.807, 2.05) is 6.07 Å². The molecule has 0 unspecified atom stereocenters. The number of aromatic nitrogens is 2. The van der Waals surface area contributed by atoms with Crippen molar-refractivity contribution >= 4 is 28.1 Å². The molecule has 0 bridgehead atoms. The summed E-state index contributed by atoms with van der Waals surface area (Å²) in [6, 6.07) is 12.8. The van der Waals surface area contributed by atoms with Crippen LogP contribution < -0.4 is 10.9 Å². The molecule has 2 N–H and O–H groups in total. The van der Waals surface area contributed by atoms with Crippen molar-refractivity contribution in [3.05, 3.63) is 63.4 Å². The van der Waals surface area contributed by atoms with Crippen LogP contribution >= 0.6 is 0 Å². The second kappa shape index (κ2) is 6.01. The van der Waals surface area contributed by atoms with Gasteiger partial charge in [0, 0.05) is 13.1 Å². The van der Waals surface area contributed by atoms with Gasteiger partial charge in [0.25, 0.3) is 5.56 Å². The quantitative estimate of drug-likeness (QED) is 0.737. The number of hydrogen-bond acceptors (Lipinski definition) is 5. The smallest absolute Gasteiger partial charge is 0.272 e. The third-order valence-corrected chi connectivity index (χ3v) is 6.27. The van der Waals surface area contributed by atoms with Crippen molar-refractivity contribution in [2.45, 2.75) is 38.3 Å². The first-order valence-corrected chi connectivity index (χ1v) is 9.95. The molecule has 1 aliphatic carbocycles. The van der Waals surface area contributed by atoms with Gasteiger partial charge >= 0.3 is 0 Å². The van der Waals surface area contributed by atoms with E-state index >= 15 is 0 Å². The minimum atomic E-state index is -0.142. The van der Waals surface area contributed by atoms with E-state index in [9.17, 15) is 4.79 Å². The number of anilines is 1. The Labute approximate surface area is 162 Å². The number of amidine groups is 1. The first-order chi connectivity index (χ1) is 13.7. The zero-order valence-corrected chi connectivity index (χ0v) is 15.5. The molecule has 0 saturated heterocycles. The average molecular weight is 371 g/mol. The molecule has 28 heavy (non-hydrogen) atoms. The first-order valence-electron chi connectivity index (χ1n) is 9.95. The Balaban J connectivity index is 1.36. The minimum Gasteiger partial charge on any atom is -0.342 e. The van der Waals surface area contributed by atoms with Gasteiger partial charge in [-0.2, -0.15) is 5.10 Å². The third kappa shape index (κ3) is 2.48. The number of benzene rings is 2. The van der Waals surface area contributed by atoms with Crippen LogP contribution in [0.2, 0.25) is 0 Å². The molecule has 2 aliphatic heterocycles. The average Bonchev–Trinajstić information content (AvgIpc) is 3.05. The number of nitrogens with one attached hydrogen (secondary N) is 2. The van der Waals surface area contributed by atoms with E-state index in [-0.39, 0.29) is 5.56 Å². The summed E-state index contributed by atoms with van der Waals surface area (Å²) < 4.78 is 0. The maximum absolute atomic E-state index is 12.4. The zero-order valence-electron chi connectivity index (χ0n) is 15.5. The molecule has 0 spiro atoms. The van der Waals surface area contributed by atoms with Crippen LogP contribution in [0, 0.1) is 0 Å². The number of nitrogens with zero attached hydrogens (tertiary/aromatic N) is 3. The molecule has 3 aromatic rings. The molecular formula is C22H21N5O. The molecule has 3 heterocycles. The fraction of sp³-hybridized carbons (Fsp3) is 0.318. The molecule has 2 aromatic carbocycles. The Morgan fingerprint density at radius 1 is 1.11 bits per heavy atom. The van der Waals surface area contributed by atoms with Crippen LogP contribution in [0.25, 0.3) is 10.8 Å². The number of fused-ring (bicyclic) bond motifs is 1. The Hall–Kier alpha value is -2.99. The van der Waals surface area contributed by atoms with E-state index in [0.717, 1.165) is 36.5 Å². The van der Waals surface area contributed by atoms with Gasteiger partial charge in [0.1, 0.15) is 5.84 Å². The highest BCUT2D eigenvalue weighted by Gasteiger charge is 2.26. The fourth-order valence-corrected chi connectivity index (χ4v) is 4.57. The van der Waals surface area contributed by atoms with E-state index in [4.69, 9.17) is 4.99 Å². The third-order valence-electron chi connectivity index (χ3n) is 6.27. The zero-order chi connectivity index (χ0) is 18.7. The lowest BCUT2D eigenvalue weighted by Crippen LogP contribution is -2.31. The molecule has 0 radical (unpaired) electrons. The molecule has 1 aromatic heterocycles. The lowest BCUT2D eigenvalue weighted by Gasteiger charge is -2.28. The maximum atomic E-state index is 12.4. The summed E-state index contributed by atoms with van der Waals surface area (Å²) >= 11 is 0. The minimum absolute atomic E-state index is 0.142. The van der Waals surface area contributed by atoms with Gasteiger partial charge < -0.3 is 5.32 Å². The van der Waals surface area contributed by atoms with E-state index in [1.54, 1.807) is 0 Å². The van der Waals surface area contributed by atoms with Crippen molar-refractivity contribution in [3.8, 4) is 0 Å². The molecule has 1 fully saturated rings. The van der Waals surface area contributed by atoms with Gasteiger partial charge in [-0.3, -0.25) is 9.69 Å². The molecule has 0 atom stereocenters. The van der Waals surface area contributed by atoms with Crippen molar-refractivity contribution in [2.24, 2.45) is 4.99 Å². The second-order valence-corrected chi connectivity index (χ2v) is 8.09. The molecule has 6 nitrogen and oxygen atoms in total. The van der Waals surface area contributed by atoms with Crippen molar-refractivity contribution in [1.82, 2.24) is 15.1 Å². The van der Waals surface area contributed by atoms with E-state index in [2.05, 4.69) is 50.7 Å². The van der Waals surface area contributed by atoms with Crippen LogP contribution in [0.1, 0.15) is 41.9 Å². The highest BCUT2D eigenvalue weighted by atomic mass is 16.1. The van der Waals surface area contributed by atoms with Crippen molar-refractivity contribution in [2.75, 3.05) is 11.9 Å². The van der Waals surface area contributed by atoms with Crippen molar-refractivity contribution in [3.63, 3.8) is 0 Å². The van der Waals surface area contributed by atoms with E-state index in [1.165, 1.54) is 36.0 Å².